The normalized spacial score (nSPS) is 15.8. The highest BCUT2D eigenvalue weighted by atomic mass is 16.5. The summed E-state index contributed by atoms with van der Waals surface area (Å²) in [6.45, 7) is 17.5. The molecule has 6 rings (SSSR count). The van der Waals surface area contributed by atoms with Gasteiger partial charge in [0, 0.05) is 70.7 Å². The van der Waals surface area contributed by atoms with Crippen molar-refractivity contribution in [3.8, 4) is 0 Å². The van der Waals surface area contributed by atoms with Gasteiger partial charge in [0.15, 0.2) is 11.2 Å². The van der Waals surface area contributed by atoms with Gasteiger partial charge >= 0.3 is 12.0 Å². The van der Waals surface area contributed by atoms with E-state index in [1.54, 1.807) is 74.0 Å². The minimum Gasteiger partial charge on any atom is -0.480 e. The number of H-pyrrole nitrogens is 1. The summed E-state index contributed by atoms with van der Waals surface area (Å²) >= 11 is 0. The molecule has 3 heterocycles. The number of aromatic amines is 1. The number of aromatic nitrogens is 4. The van der Waals surface area contributed by atoms with Crippen LogP contribution in [0.3, 0.4) is 0 Å². The first-order valence-electron chi connectivity index (χ1n) is 37.8. The summed E-state index contributed by atoms with van der Waals surface area (Å²) < 4.78 is 12.2. The lowest BCUT2D eigenvalue weighted by Gasteiger charge is -2.41. The third-order valence-electron chi connectivity index (χ3n) is 20.0. The van der Waals surface area contributed by atoms with Crippen LogP contribution in [0.2, 0.25) is 0 Å². The zero-order valence-corrected chi connectivity index (χ0v) is 66.1. The fourth-order valence-corrected chi connectivity index (χ4v) is 13.8. The van der Waals surface area contributed by atoms with Gasteiger partial charge in [0.2, 0.25) is 53.2 Å². The molecule has 1 aliphatic rings. The maximum atomic E-state index is 14.7. The van der Waals surface area contributed by atoms with Crippen LogP contribution in [-0.4, -0.2) is 220 Å². The number of nitrogens with one attached hydrogen (secondary N) is 10. The number of hydrogen-bond donors (Lipinski definition) is 13. The molecule has 12 atom stereocenters. The summed E-state index contributed by atoms with van der Waals surface area (Å²) in [6, 6.07) is 14.0. The number of nitrogens with two attached hydrogens (primary N) is 2. The van der Waals surface area contributed by atoms with Gasteiger partial charge in [0.05, 0.1) is 61.1 Å². The molecule has 11 amide bonds. The summed E-state index contributed by atoms with van der Waals surface area (Å²) in [7, 11) is 8.37. The van der Waals surface area contributed by atoms with Gasteiger partial charge in [-0.2, -0.15) is 4.98 Å². The van der Waals surface area contributed by atoms with Crippen LogP contribution in [0.4, 0.5) is 22.1 Å². The van der Waals surface area contributed by atoms with E-state index in [0.29, 0.717) is 49.3 Å². The number of amides is 11. The molecule has 0 saturated carbocycles. The molecule has 0 bridgehead atoms. The third-order valence-corrected chi connectivity index (χ3v) is 20.0. The molecule has 1 fully saturated rings. The van der Waals surface area contributed by atoms with Crippen LogP contribution >= 0.6 is 0 Å². The van der Waals surface area contributed by atoms with Crippen LogP contribution in [0, 0.1) is 29.6 Å². The van der Waals surface area contributed by atoms with Gasteiger partial charge in [-0.3, -0.25) is 57.8 Å². The number of carbonyl (C=O) groups is 11. The zero-order chi connectivity index (χ0) is 81.9. The van der Waals surface area contributed by atoms with Crippen molar-refractivity contribution >= 4 is 93.7 Å². The number of rotatable bonds is 43. The molecular weight excluding hydrogens is 1430 g/mol. The highest BCUT2D eigenvalue weighted by Gasteiger charge is 2.44. The first-order valence-corrected chi connectivity index (χ1v) is 37.8. The van der Waals surface area contributed by atoms with E-state index in [2.05, 4.69) is 67.8 Å². The maximum Gasteiger partial charge on any atom is 0.326 e. The number of hydrogen-bond acceptors (Lipinski definition) is 20. The number of nitrogens with zero attached hydrogens (tertiary/aromatic N) is 6. The number of anilines is 3. The number of aliphatic carboxylic acids is 1. The molecule has 33 nitrogen and oxygen atoms in total. The zero-order valence-electron chi connectivity index (χ0n) is 66.1. The Morgan fingerprint density at radius 3 is 1.95 bits per heavy atom. The average Bonchev–Trinajstić information content (AvgIpc) is 1.80. The topological polar surface area (TPSA) is 468 Å². The lowest BCUT2D eigenvalue weighted by molar-refractivity contribution is -0.148. The Hall–Kier alpha value is -10.7. The average molecular weight is 1540 g/mol. The van der Waals surface area contributed by atoms with E-state index >= 15 is 0 Å². The lowest BCUT2D eigenvalue weighted by atomic mass is 9.89. The van der Waals surface area contributed by atoms with Gasteiger partial charge in [0.25, 0.3) is 11.5 Å². The van der Waals surface area contributed by atoms with E-state index in [1.807, 2.05) is 90.9 Å². The first kappa shape index (κ1) is 89.2. The maximum absolute atomic E-state index is 14.7. The number of likely N-dealkylation sites (N-methyl/N-ethyl adjacent to an activating group) is 2. The SMILES string of the molecule is CC[C@H](C)C(C(CC(=O)N1CCCC1C(OC)C(C)C(=O)N[C@@H](Cc1ccccc1)C(=O)NCCc1ccc(NC(=O)C(CCCNC(N)=O)NC(=O)[C@H](NC(=O)CCC(NC(=O)c2ccc(NCc3cnc4nc(N)[nH]c(=O)c4n3)cc2)C(=O)O)C(C)C)cc1)OC)N(C)C(=O)[C@@H](NC(=O)C(C(C)C)N(C)C)C(C)C. The Morgan fingerprint density at radius 1 is 0.694 bits per heavy atom. The third kappa shape index (κ3) is 26.3. The predicted molar refractivity (Wildman–Crippen MR) is 419 cm³/mol. The number of urea groups is 1. The highest BCUT2D eigenvalue weighted by molar-refractivity contribution is 5.99. The van der Waals surface area contributed by atoms with E-state index in [9.17, 15) is 62.6 Å². The second kappa shape index (κ2) is 43.1. The second-order valence-corrected chi connectivity index (χ2v) is 29.6. The van der Waals surface area contributed by atoms with Crippen molar-refractivity contribution in [3.05, 3.63) is 118 Å². The predicted octanol–water partition coefficient (Wildman–Crippen LogP) is 3.62. The quantitative estimate of drug-likeness (QED) is 0.0248. The minimum atomic E-state index is -1.51. The van der Waals surface area contributed by atoms with Gasteiger partial charge < -0.3 is 83.7 Å². The van der Waals surface area contributed by atoms with Gasteiger partial charge in [0.1, 0.15) is 30.2 Å². The summed E-state index contributed by atoms with van der Waals surface area (Å²) in [6.07, 6.45) is 1.61. The van der Waals surface area contributed by atoms with E-state index in [0.717, 1.165) is 11.1 Å². The first-order chi connectivity index (χ1) is 52.7. The number of likely N-dealkylation sites (tertiary alicyclic amines) is 1. The number of carboxylic acid groups (broad SMARTS) is 1. The number of carboxylic acids is 1. The number of ether oxygens (including phenoxy) is 2. The van der Waals surface area contributed by atoms with E-state index in [1.165, 1.54) is 32.5 Å². The Morgan fingerprint density at radius 2 is 1.35 bits per heavy atom. The van der Waals surface area contributed by atoms with Crippen LogP contribution in [0.25, 0.3) is 11.2 Å². The van der Waals surface area contributed by atoms with Gasteiger partial charge in [-0.25, -0.2) is 19.6 Å². The van der Waals surface area contributed by atoms with Gasteiger partial charge in [-0.15, -0.1) is 0 Å². The Balaban J connectivity index is 1.03. The molecule has 33 heteroatoms. The molecule has 0 spiro atoms. The molecule has 3 aromatic carbocycles. The lowest BCUT2D eigenvalue weighted by Crippen LogP contribution is -2.59. The van der Waals surface area contributed by atoms with Gasteiger partial charge in [-0.05, 0) is 124 Å². The molecule has 0 radical (unpaired) electrons. The summed E-state index contributed by atoms with van der Waals surface area (Å²) in [5.41, 5.74) is 13.4. The van der Waals surface area contributed by atoms with Crippen LogP contribution in [0.15, 0.2) is 89.9 Å². The standard InChI is InChI=1S/C78H114N18O15/c1-15-46(8)65(95(12)75(106)62(44(4)5)91-74(105)64(45(6)7)94(10)11)58(110-13)40-60(98)96-38-20-24-57(96)66(111-14)47(9)68(99)89-56(39-49-21-17-16-18-22-49)70(101)81-37-35-48-25-29-52(30-26-48)86-71(102)54(23-19-36-82-78(80)109)87-72(103)61(43(2)3)90-59(97)34-33-55(76(107)108)88-69(100)50-27-31-51(32-28-50)83-41-53-42-84-67-63(85-53)73(104)93-77(79)92-67/h16-18,21-22,25-32,42-47,54-58,61-62,64-66,83H,15,19-20,23-24,33-41H2,1-14H3,(H,81,101)(H,86,102)(H,87,103)(H,88,100)(H,89,99)(H,90,97)(H,91,105)(H,107,108)(H3,80,82,109)(H3,79,84,92,93,104)/t46-,47?,54?,55?,56-,57?,58?,61+,62-,64?,65?,66?/m0/s1. The summed E-state index contributed by atoms with van der Waals surface area (Å²) in [4.78, 5) is 182. The van der Waals surface area contributed by atoms with Gasteiger partial charge in [-0.1, -0.05) is 111 Å². The number of nitrogen functional groups attached to an aromatic ring is 1. The molecular formula is C78H114N18O15. The number of fused-ring (bicyclic) bond motifs is 1. The van der Waals surface area contributed by atoms with Crippen molar-refractivity contribution in [1.82, 2.24) is 71.9 Å². The van der Waals surface area contributed by atoms with Crippen molar-refractivity contribution in [2.24, 2.45) is 35.3 Å². The number of carbonyl (C=O) groups excluding carboxylic acids is 10. The van der Waals surface area contributed by atoms with Crippen LogP contribution in [0.1, 0.15) is 141 Å². The molecule has 2 aromatic heterocycles. The smallest absolute Gasteiger partial charge is 0.326 e. The Bertz CT molecular complexity index is 4020. The number of primary amides is 1. The van der Waals surface area contributed by atoms with E-state index in [-0.39, 0.29) is 110 Å². The molecule has 606 valence electrons. The monoisotopic (exact) mass is 1540 g/mol. The molecule has 0 aliphatic carbocycles. The summed E-state index contributed by atoms with van der Waals surface area (Å²) in [5.74, 6) is -7.76. The minimum absolute atomic E-state index is 0.00382. The highest BCUT2D eigenvalue weighted by Crippen LogP contribution is 2.31. The van der Waals surface area contributed by atoms with Crippen molar-refractivity contribution in [2.45, 2.75) is 194 Å². The molecule has 1 aliphatic heterocycles. The fourth-order valence-electron chi connectivity index (χ4n) is 13.8. The second-order valence-electron chi connectivity index (χ2n) is 29.6. The fraction of sp³-hybridized carbons (Fsp3) is 0.551. The van der Waals surface area contributed by atoms with Crippen molar-refractivity contribution < 1.29 is 67.3 Å². The molecule has 5 aromatic rings. The van der Waals surface area contributed by atoms with E-state index in [4.69, 9.17) is 20.9 Å². The van der Waals surface area contributed by atoms with Crippen LogP contribution < -0.4 is 64.9 Å². The van der Waals surface area contributed by atoms with Crippen molar-refractivity contribution in [1.29, 1.82) is 0 Å². The number of methoxy groups -OCH3 is 2. The molecule has 111 heavy (non-hydrogen) atoms. The molecule has 15 N–H and O–H groups in total. The molecule has 8 unspecified atom stereocenters. The van der Waals surface area contributed by atoms with Crippen LogP contribution in [-0.2, 0) is 72.0 Å². The number of benzene rings is 3. The Labute approximate surface area is 648 Å². The largest absolute Gasteiger partial charge is 0.480 e. The molecule has 1 saturated heterocycles. The Kier molecular flexibility index (Phi) is 34.6. The summed E-state index contributed by atoms with van der Waals surface area (Å²) in [5, 5.41) is 35.2. The van der Waals surface area contributed by atoms with E-state index < -0.39 is 132 Å². The van der Waals surface area contributed by atoms with Crippen molar-refractivity contribution in [2.75, 3.05) is 71.4 Å². The van der Waals surface area contributed by atoms with Crippen molar-refractivity contribution in [3.63, 3.8) is 0 Å². The van der Waals surface area contributed by atoms with Crippen LogP contribution in [0.5, 0.6) is 0 Å².